The van der Waals surface area contributed by atoms with Crippen LogP contribution < -0.4 is 20.1 Å². The number of hydrogen-bond donors (Lipinski definition) is 4. The first-order chi connectivity index (χ1) is 14.9. The third-order valence-corrected chi connectivity index (χ3v) is 5.06. The number of carbonyl (C=O) groups is 2. The Labute approximate surface area is 180 Å². The Bertz CT molecular complexity index is 1060. The van der Waals surface area contributed by atoms with Gasteiger partial charge in [-0.2, -0.15) is 0 Å². The average molecular weight is 425 g/mol. The number of para-hydroxylation sites is 1. The molecular weight excluding hydrogens is 398 g/mol. The fourth-order valence-corrected chi connectivity index (χ4v) is 3.51. The van der Waals surface area contributed by atoms with E-state index < -0.39 is 12.1 Å². The summed E-state index contributed by atoms with van der Waals surface area (Å²) < 4.78 is 10.5. The van der Waals surface area contributed by atoms with Gasteiger partial charge in [0, 0.05) is 42.6 Å². The summed E-state index contributed by atoms with van der Waals surface area (Å²) in [5.74, 6) is 0.354. The fourth-order valence-electron chi connectivity index (χ4n) is 3.51. The number of methoxy groups -OCH3 is 2. The zero-order valence-corrected chi connectivity index (χ0v) is 17.8. The Morgan fingerprint density at radius 2 is 1.90 bits per heavy atom. The highest BCUT2D eigenvalue weighted by atomic mass is 16.5. The maximum absolute atomic E-state index is 12.9. The molecule has 4 N–H and O–H groups in total. The monoisotopic (exact) mass is 425 g/mol. The zero-order chi connectivity index (χ0) is 22.4. The van der Waals surface area contributed by atoms with Gasteiger partial charge in [0.2, 0.25) is 11.8 Å². The topological polar surface area (TPSA) is 113 Å². The lowest BCUT2D eigenvalue weighted by Gasteiger charge is -2.20. The SMILES string of the molecule is COc1ccc(OC)c(C(O)CNC(=O)C(Cc2c[nH]c3ccccc23)NC(C)=O)c1. The first-order valence-corrected chi connectivity index (χ1v) is 9.92. The summed E-state index contributed by atoms with van der Waals surface area (Å²) in [6, 6.07) is 12.0. The summed E-state index contributed by atoms with van der Waals surface area (Å²) in [6.45, 7) is 1.32. The Morgan fingerprint density at radius 1 is 1.13 bits per heavy atom. The lowest BCUT2D eigenvalue weighted by atomic mass is 10.0. The molecule has 1 heterocycles. The smallest absolute Gasteiger partial charge is 0.243 e. The number of aromatic nitrogens is 1. The van der Waals surface area contributed by atoms with Crippen molar-refractivity contribution in [3.05, 3.63) is 59.8 Å². The van der Waals surface area contributed by atoms with E-state index in [0.717, 1.165) is 16.5 Å². The van der Waals surface area contributed by atoms with Crippen LogP contribution in [0.2, 0.25) is 0 Å². The Morgan fingerprint density at radius 3 is 2.61 bits per heavy atom. The summed E-state index contributed by atoms with van der Waals surface area (Å²) >= 11 is 0. The van der Waals surface area contributed by atoms with Gasteiger partial charge in [0.05, 0.1) is 20.3 Å². The van der Waals surface area contributed by atoms with Gasteiger partial charge in [0.1, 0.15) is 17.5 Å². The minimum absolute atomic E-state index is 0.0493. The summed E-state index contributed by atoms with van der Waals surface area (Å²) in [4.78, 5) is 27.7. The third kappa shape index (κ3) is 5.35. The van der Waals surface area contributed by atoms with Crippen LogP contribution in [0.1, 0.15) is 24.2 Å². The van der Waals surface area contributed by atoms with Crippen molar-refractivity contribution in [3.63, 3.8) is 0 Å². The van der Waals surface area contributed by atoms with Gasteiger partial charge in [0.15, 0.2) is 0 Å². The highest BCUT2D eigenvalue weighted by molar-refractivity contribution is 5.89. The molecule has 0 aliphatic heterocycles. The van der Waals surface area contributed by atoms with Crippen molar-refractivity contribution in [1.82, 2.24) is 15.6 Å². The number of carbonyl (C=O) groups excluding carboxylic acids is 2. The van der Waals surface area contributed by atoms with Gasteiger partial charge < -0.3 is 30.2 Å². The summed E-state index contributed by atoms with van der Waals surface area (Å²) in [6.07, 6.45) is 1.14. The Balaban J connectivity index is 1.72. The Kier molecular flexibility index (Phi) is 7.15. The molecule has 0 radical (unpaired) electrons. The highest BCUT2D eigenvalue weighted by Crippen LogP contribution is 2.29. The van der Waals surface area contributed by atoms with E-state index in [2.05, 4.69) is 15.6 Å². The molecule has 1 aromatic heterocycles. The molecule has 0 aliphatic rings. The van der Waals surface area contributed by atoms with E-state index in [1.165, 1.54) is 21.1 Å². The lowest BCUT2D eigenvalue weighted by Crippen LogP contribution is -2.48. The summed E-state index contributed by atoms with van der Waals surface area (Å²) in [5.41, 5.74) is 2.37. The second-order valence-corrected chi connectivity index (χ2v) is 7.19. The Hall–Kier alpha value is -3.52. The lowest BCUT2D eigenvalue weighted by molar-refractivity contribution is -0.128. The molecule has 8 heteroatoms. The molecule has 2 unspecified atom stereocenters. The predicted octanol–water partition coefficient (Wildman–Crippen LogP) is 2.08. The van der Waals surface area contributed by atoms with Crippen molar-refractivity contribution >= 4 is 22.7 Å². The molecule has 0 aliphatic carbocycles. The number of aromatic amines is 1. The number of benzene rings is 2. The van der Waals surface area contributed by atoms with Gasteiger partial charge in [-0.05, 0) is 29.8 Å². The molecule has 3 rings (SSSR count). The second-order valence-electron chi connectivity index (χ2n) is 7.19. The van der Waals surface area contributed by atoms with Crippen molar-refractivity contribution < 1.29 is 24.2 Å². The molecule has 0 saturated heterocycles. The van der Waals surface area contributed by atoms with Gasteiger partial charge in [0.25, 0.3) is 0 Å². The largest absolute Gasteiger partial charge is 0.497 e. The van der Waals surface area contributed by atoms with Gasteiger partial charge >= 0.3 is 0 Å². The van der Waals surface area contributed by atoms with Crippen molar-refractivity contribution in [2.45, 2.75) is 25.5 Å². The quantitative estimate of drug-likeness (QED) is 0.419. The van der Waals surface area contributed by atoms with Crippen LogP contribution in [0, 0.1) is 0 Å². The molecule has 2 atom stereocenters. The number of fused-ring (bicyclic) bond motifs is 1. The number of hydrogen-bond acceptors (Lipinski definition) is 5. The van der Waals surface area contributed by atoms with Gasteiger partial charge in [-0.3, -0.25) is 9.59 Å². The maximum atomic E-state index is 12.9. The van der Waals surface area contributed by atoms with Crippen LogP contribution in [0.25, 0.3) is 10.9 Å². The van der Waals surface area contributed by atoms with E-state index >= 15 is 0 Å². The second kappa shape index (κ2) is 9.99. The number of aliphatic hydroxyl groups is 1. The summed E-state index contributed by atoms with van der Waals surface area (Å²) in [5, 5.41) is 17.0. The van der Waals surface area contributed by atoms with Crippen LogP contribution in [0.5, 0.6) is 11.5 Å². The normalized spacial score (nSPS) is 12.8. The highest BCUT2D eigenvalue weighted by Gasteiger charge is 2.23. The van der Waals surface area contributed by atoms with E-state index in [1.807, 2.05) is 30.5 Å². The van der Waals surface area contributed by atoms with Crippen molar-refractivity contribution in [1.29, 1.82) is 0 Å². The zero-order valence-electron chi connectivity index (χ0n) is 17.8. The van der Waals surface area contributed by atoms with Crippen LogP contribution in [0.3, 0.4) is 0 Å². The minimum Gasteiger partial charge on any atom is -0.497 e. The predicted molar refractivity (Wildman–Crippen MR) is 117 cm³/mol. The van der Waals surface area contributed by atoms with Crippen LogP contribution in [-0.2, 0) is 16.0 Å². The summed E-state index contributed by atoms with van der Waals surface area (Å²) in [7, 11) is 3.03. The number of aliphatic hydroxyl groups excluding tert-OH is 1. The van der Waals surface area contributed by atoms with Crippen molar-refractivity contribution in [2.24, 2.45) is 0 Å². The van der Waals surface area contributed by atoms with E-state index in [1.54, 1.807) is 18.2 Å². The number of nitrogens with one attached hydrogen (secondary N) is 3. The number of amides is 2. The minimum atomic E-state index is -1.01. The molecule has 0 fully saturated rings. The van der Waals surface area contributed by atoms with Crippen LogP contribution in [0.4, 0.5) is 0 Å². The van der Waals surface area contributed by atoms with Crippen molar-refractivity contribution in [3.8, 4) is 11.5 Å². The standard InChI is InChI=1S/C23H27N3O5/c1-14(27)26-20(10-15-12-24-19-7-5-4-6-17(15)19)23(29)25-13-21(28)18-11-16(30-2)8-9-22(18)31-3/h4-9,11-12,20-21,24,28H,10,13H2,1-3H3,(H,25,29)(H,26,27). The fraction of sp³-hybridized carbons (Fsp3) is 0.304. The van der Waals surface area contributed by atoms with Gasteiger partial charge in [-0.15, -0.1) is 0 Å². The molecule has 2 aromatic carbocycles. The molecule has 3 aromatic rings. The van der Waals surface area contributed by atoms with Crippen LogP contribution >= 0.6 is 0 Å². The van der Waals surface area contributed by atoms with Crippen molar-refractivity contribution in [2.75, 3.05) is 20.8 Å². The molecule has 2 amide bonds. The van der Waals surface area contributed by atoms with Gasteiger partial charge in [-0.1, -0.05) is 18.2 Å². The van der Waals surface area contributed by atoms with E-state index in [4.69, 9.17) is 9.47 Å². The van der Waals surface area contributed by atoms with Gasteiger partial charge in [-0.25, -0.2) is 0 Å². The molecule has 8 nitrogen and oxygen atoms in total. The molecule has 0 spiro atoms. The third-order valence-electron chi connectivity index (χ3n) is 5.06. The number of H-pyrrole nitrogens is 1. The number of rotatable bonds is 9. The first-order valence-electron chi connectivity index (χ1n) is 9.92. The van der Waals surface area contributed by atoms with Crippen LogP contribution in [0.15, 0.2) is 48.7 Å². The molecule has 164 valence electrons. The first kappa shape index (κ1) is 22.2. The molecular formula is C23H27N3O5. The van der Waals surface area contributed by atoms with E-state index in [-0.39, 0.29) is 18.4 Å². The molecule has 31 heavy (non-hydrogen) atoms. The average Bonchev–Trinajstić information content (AvgIpc) is 3.18. The van der Waals surface area contributed by atoms with E-state index in [9.17, 15) is 14.7 Å². The maximum Gasteiger partial charge on any atom is 0.243 e. The van der Waals surface area contributed by atoms with Crippen LogP contribution in [-0.4, -0.2) is 48.7 Å². The molecule has 0 saturated carbocycles. The number of ether oxygens (including phenoxy) is 2. The van der Waals surface area contributed by atoms with E-state index in [0.29, 0.717) is 23.5 Å². The molecule has 0 bridgehead atoms.